The Kier molecular flexibility index (Phi) is 6.18. The summed E-state index contributed by atoms with van der Waals surface area (Å²) in [7, 11) is 1.63. The summed E-state index contributed by atoms with van der Waals surface area (Å²) in [5, 5.41) is 0. The lowest BCUT2D eigenvalue weighted by atomic mass is 10.1. The third-order valence-electron chi connectivity index (χ3n) is 1.27. The molecular weight excluding hydrogens is 255 g/mol. The molecule has 0 unspecified atom stereocenters. The van der Waals surface area contributed by atoms with Crippen LogP contribution < -0.4 is 0 Å². The molecule has 0 bridgehead atoms. The Morgan fingerprint density at radius 3 is 2.55 bits per heavy atom. The first kappa shape index (κ1) is 11.4. The minimum absolute atomic E-state index is 0.113. The third-order valence-corrected chi connectivity index (χ3v) is 1.77. The number of hydrogen-bond donors (Lipinski definition) is 0. The lowest BCUT2D eigenvalue weighted by Gasteiger charge is -2.22. The van der Waals surface area contributed by atoms with Gasteiger partial charge in [-0.15, -0.1) is 0 Å². The van der Waals surface area contributed by atoms with E-state index in [9.17, 15) is 0 Å². The highest BCUT2D eigenvalue weighted by Crippen LogP contribution is 2.15. The van der Waals surface area contributed by atoms with Gasteiger partial charge in [0.15, 0.2) is 0 Å². The number of methoxy groups -OCH3 is 1. The second-order valence-electron chi connectivity index (χ2n) is 2.88. The van der Waals surface area contributed by atoms with E-state index in [0.29, 0.717) is 6.79 Å². The third kappa shape index (κ3) is 6.77. The highest BCUT2D eigenvalue weighted by Gasteiger charge is 2.15. The largest absolute Gasteiger partial charge is 0.359 e. The first-order chi connectivity index (χ1) is 5.12. The molecule has 0 aromatic rings. The molecule has 0 aliphatic heterocycles. The topological polar surface area (TPSA) is 18.5 Å². The smallest absolute Gasteiger partial charge is 0.147 e. The molecule has 0 amide bonds. The Bertz CT molecular complexity index is 121. The molecule has 3 heteroatoms. The number of rotatable bonds is 5. The van der Waals surface area contributed by atoms with Crippen LogP contribution in [0.15, 0.2) is 10.2 Å². The minimum atomic E-state index is -0.113. The number of hydrogen-bond acceptors (Lipinski definition) is 2. The summed E-state index contributed by atoms with van der Waals surface area (Å²) in [4.78, 5) is 0. The molecule has 2 nitrogen and oxygen atoms in total. The molecule has 0 heterocycles. The lowest BCUT2D eigenvalue weighted by molar-refractivity contribution is -0.112. The predicted octanol–water partition coefficient (Wildman–Crippen LogP) is 2.72. The van der Waals surface area contributed by atoms with Gasteiger partial charge in [0, 0.05) is 7.11 Å². The van der Waals surface area contributed by atoms with Crippen molar-refractivity contribution in [3.05, 3.63) is 10.2 Å². The van der Waals surface area contributed by atoms with Crippen molar-refractivity contribution in [2.75, 3.05) is 13.9 Å². The van der Waals surface area contributed by atoms with Crippen LogP contribution in [0, 0.1) is 0 Å². The Hall–Kier alpha value is 0.390. The fraction of sp³-hybridized carbons (Fsp3) is 0.750. The van der Waals surface area contributed by atoms with E-state index in [1.165, 1.54) is 0 Å². The van der Waals surface area contributed by atoms with Crippen LogP contribution in [0.4, 0.5) is 0 Å². The van der Waals surface area contributed by atoms with E-state index in [4.69, 9.17) is 9.47 Å². The fourth-order valence-corrected chi connectivity index (χ4v) is 0.860. The van der Waals surface area contributed by atoms with Crippen LogP contribution in [0.3, 0.4) is 0 Å². The molecular formula is C8H15IO2. The van der Waals surface area contributed by atoms with Crippen LogP contribution >= 0.6 is 22.6 Å². The van der Waals surface area contributed by atoms with Crippen LogP contribution in [0.25, 0.3) is 0 Å². The van der Waals surface area contributed by atoms with Gasteiger partial charge in [0.1, 0.15) is 6.79 Å². The van der Waals surface area contributed by atoms with Crippen LogP contribution in [-0.2, 0) is 9.47 Å². The highest BCUT2D eigenvalue weighted by atomic mass is 127. The summed E-state index contributed by atoms with van der Waals surface area (Å²) in [5.74, 6) is 0. The maximum absolute atomic E-state index is 5.40. The van der Waals surface area contributed by atoms with Crippen molar-refractivity contribution in [3.63, 3.8) is 0 Å². The van der Waals surface area contributed by atoms with Gasteiger partial charge in [-0.2, -0.15) is 0 Å². The van der Waals surface area contributed by atoms with E-state index in [2.05, 4.69) is 28.7 Å². The van der Waals surface area contributed by atoms with Crippen molar-refractivity contribution in [2.24, 2.45) is 0 Å². The molecule has 0 spiro atoms. The number of ether oxygens (including phenoxy) is 2. The molecule has 11 heavy (non-hydrogen) atoms. The van der Waals surface area contributed by atoms with Gasteiger partial charge >= 0.3 is 0 Å². The second kappa shape index (κ2) is 5.97. The predicted molar refractivity (Wildman–Crippen MR) is 54.8 cm³/mol. The van der Waals surface area contributed by atoms with Gasteiger partial charge in [-0.1, -0.05) is 28.7 Å². The number of halogens is 1. The molecule has 0 rings (SSSR count). The molecule has 0 aromatic carbocycles. The van der Waals surface area contributed by atoms with Crippen LogP contribution in [-0.4, -0.2) is 19.5 Å². The van der Waals surface area contributed by atoms with Crippen molar-refractivity contribution >= 4 is 22.6 Å². The highest BCUT2D eigenvalue weighted by molar-refractivity contribution is 14.1. The molecule has 0 saturated carbocycles. The summed E-state index contributed by atoms with van der Waals surface area (Å²) in [6.45, 7) is 4.45. The van der Waals surface area contributed by atoms with E-state index in [0.717, 1.165) is 6.42 Å². The molecule has 0 fully saturated rings. The van der Waals surface area contributed by atoms with Gasteiger partial charge in [-0.05, 0) is 24.4 Å². The summed E-state index contributed by atoms with van der Waals surface area (Å²) in [5.41, 5.74) is -0.113. The average molecular weight is 270 g/mol. The zero-order valence-corrected chi connectivity index (χ0v) is 9.42. The Labute approximate surface area is 82.1 Å². The minimum Gasteiger partial charge on any atom is -0.359 e. The van der Waals surface area contributed by atoms with Gasteiger partial charge in [0.25, 0.3) is 0 Å². The normalized spacial score (nSPS) is 12.7. The molecule has 0 aliphatic carbocycles. The van der Waals surface area contributed by atoms with Crippen molar-refractivity contribution in [2.45, 2.75) is 25.9 Å². The average Bonchev–Trinajstić information content (AvgIpc) is 1.97. The maximum atomic E-state index is 5.40. The van der Waals surface area contributed by atoms with Crippen molar-refractivity contribution in [1.82, 2.24) is 0 Å². The first-order valence-corrected chi connectivity index (χ1v) is 4.75. The van der Waals surface area contributed by atoms with Gasteiger partial charge in [0.05, 0.1) is 5.60 Å². The second-order valence-corrected chi connectivity index (χ2v) is 3.60. The van der Waals surface area contributed by atoms with Gasteiger partial charge in [-0.3, -0.25) is 0 Å². The molecule has 0 aromatic heterocycles. The molecule has 0 atom stereocenters. The van der Waals surface area contributed by atoms with Crippen LogP contribution in [0.5, 0.6) is 0 Å². The zero-order chi connectivity index (χ0) is 8.74. The fourth-order valence-electron chi connectivity index (χ4n) is 0.606. The lowest BCUT2D eigenvalue weighted by Crippen LogP contribution is -2.24. The summed E-state index contributed by atoms with van der Waals surface area (Å²) < 4.78 is 12.2. The van der Waals surface area contributed by atoms with Crippen molar-refractivity contribution in [1.29, 1.82) is 0 Å². The molecule has 0 aliphatic rings. The zero-order valence-electron chi connectivity index (χ0n) is 7.26. The van der Waals surface area contributed by atoms with Crippen molar-refractivity contribution < 1.29 is 9.47 Å². The Balaban J connectivity index is 3.60. The quantitative estimate of drug-likeness (QED) is 0.565. The monoisotopic (exact) mass is 270 g/mol. The van der Waals surface area contributed by atoms with Crippen molar-refractivity contribution in [3.8, 4) is 0 Å². The van der Waals surface area contributed by atoms with E-state index in [1.807, 2.05) is 17.9 Å². The van der Waals surface area contributed by atoms with Gasteiger partial charge < -0.3 is 9.47 Å². The van der Waals surface area contributed by atoms with E-state index in [1.54, 1.807) is 7.11 Å². The maximum Gasteiger partial charge on any atom is 0.147 e. The molecule has 66 valence electrons. The standard InChI is InChI=1S/C8H15IO2/c1-8(2,5-4-6-9)11-7-10-3/h4,6H,5,7H2,1-3H3/b6-4-. The Morgan fingerprint density at radius 1 is 1.45 bits per heavy atom. The van der Waals surface area contributed by atoms with Gasteiger partial charge in [-0.25, -0.2) is 0 Å². The SMILES string of the molecule is COCOC(C)(C)C/C=C\I. The van der Waals surface area contributed by atoms with E-state index >= 15 is 0 Å². The first-order valence-electron chi connectivity index (χ1n) is 3.50. The molecule has 0 saturated heterocycles. The molecule has 0 radical (unpaired) electrons. The summed E-state index contributed by atoms with van der Waals surface area (Å²) in [6, 6.07) is 0. The summed E-state index contributed by atoms with van der Waals surface area (Å²) >= 11 is 2.20. The summed E-state index contributed by atoms with van der Waals surface area (Å²) in [6.07, 6.45) is 3.00. The Morgan fingerprint density at radius 2 is 2.09 bits per heavy atom. The van der Waals surface area contributed by atoms with Crippen LogP contribution in [0.1, 0.15) is 20.3 Å². The molecule has 0 N–H and O–H groups in total. The van der Waals surface area contributed by atoms with E-state index < -0.39 is 0 Å². The van der Waals surface area contributed by atoms with Gasteiger partial charge in [0.2, 0.25) is 0 Å². The van der Waals surface area contributed by atoms with E-state index in [-0.39, 0.29) is 5.60 Å². The van der Waals surface area contributed by atoms with Crippen LogP contribution in [0.2, 0.25) is 0 Å².